The van der Waals surface area contributed by atoms with Crippen molar-refractivity contribution in [3.05, 3.63) is 47.0 Å². The Balaban J connectivity index is 2.20. The number of nitrogens with zero attached hydrogens (tertiary/aromatic N) is 1. The summed E-state index contributed by atoms with van der Waals surface area (Å²) in [6, 6.07) is 9.47. The molecule has 0 saturated heterocycles. The van der Waals surface area contributed by atoms with Gasteiger partial charge in [-0.3, -0.25) is 4.99 Å². The Morgan fingerprint density at radius 2 is 1.95 bits per heavy atom. The predicted octanol–water partition coefficient (Wildman–Crippen LogP) is 3.04. The molecule has 1 aliphatic rings. The lowest BCUT2D eigenvalue weighted by Gasteiger charge is -2.14. The van der Waals surface area contributed by atoms with Gasteiger partial charge in [-0.1, -0.05) is 6.07 Å². The molecule has 2 aromatic carbocycles. The quantitative estimate of drug-likeness (QED) is 0.577. The van der Waals surface area contributed by atoms with Gasteiger partial charge in [0.1, 0.15) is 12.3 Å². The lowest BCUT2D eigenvalue weighted by atomic mass is 10.0. The molecule has 0 aliphatic carbocycles. The summed E-state index contributed by atoms with van der Waals surface area (Å²) in [5.41, 5.74) is 0.453. The van der Waals surface area contributed by atoms with Crippen LogP contribution in [0.4, 0.5) is 5.69 Å². The molecule has 1 aliphatic heterocycles. The highest BCUT2D eigenvalue weighted by Gasteiger charge is 2.13. The average molecular weight is 251 g/mol. The standard InChI is InChI=1S/C15H9NO3/c17-15-12-8-11-9(7-10(12)3-5-19-15)1-2-13-14(11)18-6-4-16-13/h1-5,7-8H,6H2. The Morgan fingerprint density at radius 1 is 1.05 bits per heavy atom. The molecule has 4 rings (SSSR count). The van der Waals surface area contributed by atoms with E-state index in [2.05, 4.69) is 4.99 Å². The van der Waals surface area contributed by atoms with Gasteiger partial charge in [0.15, 0.2) is 5.75 Å². The highest BCUT2D eigenvalue weighted by molar-refractivity contribution is 6.03. The van der Waals surface area contributed by atoms with Gasteiger partial charge < -0.3 is 9.15 Å². The van der Waals surface area contributed by atoms with Crippen molar-refractivity contribution in [1.29, 1.82) is 0 Å². The van der Waals surface area contributed by atoms with Crippen LogP contribution < -0.4 is 10.4 Å². The zero-order chi connectivity index (χ0) is 12.8. The van der Waals surface area contributed by atoms with Crippen LogP contribution in [0.3, 0.4) is 0 Å². The molecule has 92 valence electrons. The first kappa shape index (κ1) is 10.3. The summed E-state index contributed by atoms with van der Waals surface area (Å²) in [7, 11) is 0. The third-order valence-corrected chi connectivity index (χ3v) is 3.29. The first-order valence-corrected chi connectivity index (χ1v) is 5.96. The van der Waals surface area contributed by atoms with Gasteiger partial charge in [-0.2, -0.15) is 0 Å². The molecular formula is C15H9NO3. The predicted molar refractivity (Wildman–Crippen MR) is 73.6 cm³/mol. The van der Waals surface area contributed by atoms with E-state index in [0.29, 0.717) is 12.0 Å². The van der Waals surface area contributed by atoms with E-state index in [1.807, 2.05) is 24.3 Å². The van der Waals surface area contributed by atoms with Crippen LogP contribution in [-0.2, 0) is 0 Å². The number of rotatable bonds is 0. The fraction of sp³-hybridized carbons (Fsp3) is 0.0667. The van der Waals surface area contributed by atoms with Crippen LogP contribution in [0.5, 0.6) is 5.75 Å². The largest absolute Gasteiger partial charge is 0.485 e. The summed E-state index contributed by atoms with van der Waals surface area (Å²) in [6.07, 6.45) is 3.14. The van der Waals surface area contributed by atoms with Crippen molar-refractivity contribution in [1.82, 2.24) is 0 Å². The Morgan fingerprint density at radius 3 is 2.89 bits per heavy atom. The molecule has 0 unspecified atom stereocenters. The van der Waals surface area contributed by atoms with E-state index in [1.54, 1.807) is 12.3 Å². The SMILES string of the molecule is O=c1occc2cc3ccc4c(c3cc12)OCC=N4. The number of fused-ring (bicyclic) bond motifs is 4. The second kappa shape index (κ2) is 3.68. The van der Waals surface area contributed by atoms with Gasteiger partial charge in [0, 0.05) is 11.6 Å². The van der Waals surface area contributed by atoms with Crippen LogP contribution >= 0.6 is 0 Å². The summed E-state index contributed by atoms with van der Waals surface area (Å²) >= 11 is 0. The highest BCUT2D eigenvalue weighted by Crippen LogP contribution is 2.38. The Labute approximate surface area is 107 Å². The minimum atomic E-state index is -0.337. The number of ether oxygens (including phenoxy) is 1. The number of hydrogen-bond acceptors (Lipinski definition) is 4. The maximum Gasteiger partial charge on any atom is 0.343 e. The number of aliphatic imine (C=N–C) groups is 1. The van der Waals surface area contributed by atoms with Crippen LogP contribution in [0.15, 0.2) is 50.8 Å². The summed E-state index contributed by atoms with van der Waals surface area (Å²) < 4.78 is 10.6. The maximum absolute atomic E-state index is 11.8. The van der Waals surface area contributed by atoms with E-state index in [9.17, 15) is 4.79 Å². The molecule has 3 aromatic rings. The molecule has 0 atom stereocenters. The molecule has 0 saturated carbocycles. The summed E-state index contributed by atoms with van der Waals surface area (Å²) in [6.45, 7) is 0.452. The monoisotopic (exact) mass is 251 g/mol. The zero-order valence-electron chi connectivity index (χ0n) is 9.92. The van der Waals surface area contributed by atoms with Crippen molar-refractivity contribution < 1.29 is 9.15 Å². The third kappa shape index (κ3) is 1.46. The van der Waals surface area contributed by atoms with E-state index < -0.39 is 0 Å². The van der Waals surface area contributed by atoms with Crippen LogP contribution in [0.25, 0.3) is 21.5 Å². The molecule has 4 nitrogen and oxygen atoms in total. The molecule has 2 heterocycles. The molecule has 0 N–H and O–H groups in total. The second-order valence-electron chi connectivity index (χ2n) is 4.41. The molecule has 0 radical (unpaired) electrons. The van der Waals surface area contributed by atoms with E-state index in [0.717, 1.165) is 27.6 Å². The van der Waals surface area contributed by atoms with E-state index in [4.69, 9.17) is 9.15 Å². The van der Waals surface area contributed by atoms with E-state index >= 15 is 0 Å². The van der Waals surface area contributed by atoms with Gasteiger partial charge in [0.25, 0.3) is 0 Å². The molecule has 0 spiro atoms. The normalized spacial score (nSPS) is 13.5. The number of hydrogen-bond donors (Lipinski definition) is 0. The van der Waals surface area contributed by atoms with Crippen molar-refractivity contribution in [3.63, 3.8) is 0 Å². The fourth-order valence-corrected chi connectivity index (χ4v) is 2.41. The highest BCUT2D eigenvalue weighted by atomic mass is 16.5. The van der Waals surface area contributed by atoms with E-state index in [-0.39, 0.29) is 5.63 Å². The van der Waals surface area contributed by atoms with Crippen molar-refractivity contribution in [3.8, 4) is 5.75 Å². The Hall–Kier alpha value is -2.62. The molecule has 1 aromatic heterocycles. The Kier molecular flexibility index (Phi) is 2.00. The second-order valence-corrected chi connectivity index (χ2v) is 4.41. The van der Waals surface area contributed by atoms with Crippen LogP contribution in [0.1, 0.15) is 0 Å². The van der Waals surface area contributed by atoms with Gasteiger partial charge >= 0.3 is 5.63 Å². The fourth-order valence-electron chi connectivity index (χ4n) is 2.41. The molecule has 0 fully saturated rings. The van der Waals surface area contributed by atoms with Crippen LogP contribution in [0.2, 0.25) is 0 Å². The summed E-state index contributed by atoms with van der Waals surface area (Å²) in [5.74, 6) is 0.727. The number of benzene rings is 2. The minimum absolute atomic E-state index is 0.337. The van der Waals surface area contributed by atoms with E-state index in [1.165, 1.54) is 6.26 Å². The maximum atomic E-state index is 11.8. The van der Waals surface area contributed by atoms with Gasteiger partial charge in [-0.25, -0.2) is 4.79 Å². The first-order chi connectivity index (χ1) is 9.33. The lowest BCUT2D eigenvalue weighted by Crippen LogP contribution is -2.04. The molecule has 4 heteroatoms. The molecule has 0 bridgehead atoms. The third-order valence-electron chi connectivity index (χ3n) is 3.29. The topological polar surface area (TPSA) is 51.8 Å². The van der Waals surface area contributed by atoms with Gasteiger partial charge in [0.05, 0.1) is 11.6 Å². The first-order valence-electron chi connectivity index (χ1n) is 5.96. The van der Waals surface area contributed by atoms with Gasteiger partial charge in [-0.15, -0.1) is 0 Å². The average Bonchev–Trinajstić information content (AvgIpc) is 2.46. The molecule has 0 amide bonds. The smallest absolute Gasteiger partial charge is 0.343 e. The molecule has 19 heavy (non-hydrogen) atoms. The van der Waals surface area contributed by atoms with Gasteiger partial charge in [0.2, 0.25) is 0 Å². The van der Waals surface area contributed by atoms with Crippen LogP contribution in [0, 0.1) is 0 Å². The minimum Gasteiger partial charge on any atom is -0.485 e. The lowest BCUT2D eigenvalue weighted by molar-refractivity contribution is 0.381. The van der Waals surface area contributed by atoms with Crippen molar-refractivity contribution >= 4 is 33.4 Å². The van der Waals surface area contributed by atoms with Crippen molar-refractivity contribution in [2.75, 3.05) is 6.61 Å². The van der Waals surface area contributed by atoms with Crippen molar-refractivity contribution in [2.45, 2.75) is 0 Å². The van der Waals surface area contributed by atoms with Crippen LogP contribution in [-0.4, -0.2) is 12.8 Å². The summed E-state index contributed by atoms with van der Waals surface area (Å²) in [4.78, 5) is 16.0. The van der Waals surface area contributed by atoms with Crippen molar-refractivity contribution in [2.24, 2.45) is 4.99 Å². The Bertz CT molecular complexity index is 893. The molecular weight excluding hydrogens is 242 g/mol. The zero-order valence-corrected chi connectivity index (χ0v) is 9.92. The van der Waals surface area contributed by atoms with Gasteiger partial charge in [-0.05, 0) is 35.0 Å². The summed E-state index contributed by atoms with van der Waals surface area (Å²) in [5, 5.41) is 3.33.